The number of aryl methyl sites for hydroxylation is 2. The highest BCUT2D eigenvalue weighted by molar-refractivity contribution is 5.35. The first-order valence-electron chi connectivity index (χ1n) is 6.07. The monoisotopic (exact) mass is 235 g/mol. The Morgan fingerprint density at radius 3 is 2.53 bits per heavy atom. The second kappa shape index (κ2) is 4.98. The van der Waals surface area contributed by atoms with E-state index in [4.69, 9.17) is 5.73 Å². The lowest BCUT2D eigenvalue weighted by Crippen LogP contribution is -2.55. The molecule has 5 heteroatoms. The maximum atomic E-state index is 5.85. The van der Waals surface area contributed by atoms with E-state index in [0.717, 1.165) is 37.0 Å². The minimum atomic E-state index is 0.315. The van der Waals surface area contributed by atoms with Crippen LogP contribution in [0.4, 0.5) is 5.95 Å². The minimum Gasteiger partial charge on any atom is -0.334 e. The molecule has 2 heterocycles. The van der Waals surface area contributed by atoms with Gasteiger partial charge in [-0.15, -0.1) is 0 Å². The smallest absolute Gasteiger partial charge is 0.226 e. The van der Waals surface area contributed by atoms with Gasteiger partial charge in [-0.1, -0.05) is 0 Å². The molecule has 1 fully saturated rings. The molecule has 1 saturated heterocycles. The molecule has 17 heavy (non-hydrogen) atoms. The molecule has 1 atom stereocenters. The average molecular weight is 235 g/mol. The molecule has 94 valence electrons. The SMILES string of the molecule is Cc1cc(C)nc(N2CCN(C)CC2CN)n1. The molecule has 0 amide bonds. The maximum absolute atomic E-state index is 5.85. The number of anilines is 1. The van der Waals surface area contributed by atoms with Crippen molar-refractivity contribution in [2.24, 2.45) is 5.73 Å². The zero-order valence-corrected chi connectivity index (χ0v) is 10.8. The maximum Gasteiger partial charge on any atom is 0.226 e. The number of rotatable bonds is 2. The van der Waals surface area contributed by atoms with E-state index in [2.05, 4.69) is 26.8 Å². The van der Waals surface area contributed by atoms with E-state index in [0.29, 0.717) is 12.6 Å². The van der Waals surface area contributed by atoms with Gasteiger partial charge in [-0.05, 0) is 27.0 Å². The van der Waals surface area contributed by atoms with Crippen LogP contribution in [-0.2, 0) is 0 Å². The number of piperazine rings is 1. The van der Waals surface area contributed by atoms with Crippen LogP contribution in [0.15, 0.2) is 6.07 Å². The quantitative estimate of drug-likeness (QED) is 0.792. The summed E-state index contributed by atoms with van der Waals surface area (Å²) < 4.78 is 0. The highest BCUT2D eigenvalue weighted by Gasteiger charge is 2.26. The largest absolute Gasteiger partial charge is 0.334 e. The highest BCUT2D eigenvalue weighted by Crippen LogP contribution is 2.16. The van der Waals surface area contributed by atoms with Crippen molar-refractivity contribution in [3.63, 3.8) is 0 Å². The summed E-state index contributed by atoms with van der Waals surface area (Å²) in [6.45, 7) is 7.61. The van der Waals surface area contributed by atoms with Crippen LogP contribution in [0, 0.1) is 13.8 Å². The lowest BCUT2D eigenvalue weighted by atomic mass is 10.2. The first-order chi connectivity index (χ1) is 8.10. The van der Waals surface area contributed by atoms with Crippen LogP contribution in [0.5, 0.6) is 0 Å². The molecule has 1 unspecified atom stereocenters. The van der Waals surface area contributed by atoms with Crippen LogP contribution in [0.3, 0.4) is 0 Å². The molecule has 0 saturated carbocycles. The minimum absolute atomic E-state index is 0.315. The second-order valence-corrected chi connectivity index (χ2v) is 4.80. The molecule has 1 aliphatic heterocycles. The fraction of sp³-hybridized carbons (Fsp3) is 0.667. The van der Waals surface area contributed by atoms with E-state index in [9.17, 15) is 0 Å². The number of nitrogens with two attached hydrogens (primary N) is 1. The van der Waals surface area contributed by atoms with Crippen LogP contribution in [0.1, 0.15) is 11.4 Å². The Labute approximate surface area is 103 Å². The summed E-state index contributed by atoms with van der Waals surface area (Å²) in [5.41, 5.74) is 7.88. The Kier molecular flexibility index (Phi) is 3.59. The van der Waals surface area contributed by atoms with Crippen LogP contribution >= 0.6 is 0 Å². The van der Waals surface area contributed by atoms with E-state index >= 15 is 0 Å². The zero-order valence-electron chi connectivity index (χ0n) is 10.8. The molecule has 2 N–H and O–H groups in total. The molecule has 0 radical (unpaired) electrons. The van der Waals surface area contributed by atoms with Crippen LogP contribution in [-0.4, -0.2) is 54.1 Å². The highest BCUT2D eigenvalue weighted by atomic mass is 15.3. The first-order valence-corrected chi connectivity index (χ1v) is 6.07. The third kappa shape index (κ3) is 2.73. The molecule has 0 aliphatic carbocycles. The summed E-state index contributed by atoms with van der Waals surface area (Å²) in [5, 5.41) is 0. The third-order valence-corrected chi connectivity index (χ3v) is 3.19. The second-order valence-electron chi connectivity index (χ2n) is 4.80. The van der Waals surface area contributed by atoms with Gasteiger partial charge < -0.3 is 15.5 Å². The lowest BCUT2D eigenvalue weighted by Gasteiger charge is -2.39. The summed E-state index contributed by atoms with van der Waals surface area (Å²) in [5.74, 6) is 0.825. The molecule has 1 aromatic rings. The van der Waals surface area contributed by atoms with Gasteiger partial charge in [-0.2, -0.15) is 0 Å². The van der Waals surface area contributed by atoms with Crippen LogP contribution in [0.2, 0.25) is 0 Å². The molecule has 0 spiro atoms. The van der Waals surface area contributed by atoms with E-state index in [1.807, 2.05) is 19.9 Å². The predicted octanol–water partition coefficient (Wildman–Crippen LogP) is 0.173. The Bertz CT molecular complexity index is 372. The molecular formula is C12H21N5. The van der Waals surface area contributed by atoms with Crippen molar-refractivity contribution in [3.8, 4) is 0 Å². The molecule has 0 aromatic carbocycles. The first kappa shape index (κ1) is 12.3. The van der Waals surface area contributed by atoms with Gasteiger partial charge in [0.2, 0.25) is 5.95 Å². The Hall–Kier alpha value is -1.20. The average Bonchev–Trinajstić information content (AvgIpc) is 2.27. The van der Waals surface area contributed by atoms with E-state index in [1.54, 1.807) is 0 Å². The number of aromatic nitrogens is 2. The van der Waals surface area contributed by atoms with Crippen molar-refractivity contribution >= 4 is 5.95 Å². The third-order valence-electron chi connectivity index (χ3n) is 3.19. The topological polar surface area (TPSA) is 58.3 Å². The van der Waals surface area contributed by atoms with Gasteiger partial charge in [0, 0.05) is 37.6 Å². The predicted molar refractivity (Wildman–Crippen MR) is 69.2 cm³/mol. The van der Waals surface area contributed by atoms with E-state index in [1.165, 1.54) is 0 Å². The van der Waals surface area contributed by atoms with Gasteiger partial charge in [0.05, 0.1) is 6.04 Å². The van der Waals surface area contributed by atoms with Gasteiger partial charge in [0.25, 0.3) is 0 Å². The summed E-state index contributed by atoms with van der Waals surface area (Å²) >= 11 is 0. The molecule has 2 rings (SSSR count). The Morgan fingerprint density at radius 2 is 1.94 bits per heavy atom. The standard InChI is InChI=1S/C12H21N5/c1-9-6-10(2)15-12(14-9)17-5-4-16(3)8-11(17)7-13/h6,11H,4-5,7-8,13H2,1-3H3. The summed E-state index contributed by atoms with van der Waals surface area (Å²) in [6, 6.07) is 2.31. The fourth-order valence-corrected chi connectivity index (χ4v) is 2.31. The lowest BCUT2D eigenvalue weighted by molar-refractivity contribution is 0.267. The summed E-state index contributed by atoms with van der Waals surface area (Å²) in [6.07, 6.45) is 0. The Balaban J connectivity index is 2.25. The van der Waals surface area contributed by atoms with Crippen molar-refractivity contribution in [1.82, 2.24) is 14.9 Å². The van der Waals surface area contributed by atoms with E-state index in [-0.39, 0.29) is 0 Å². The van der Waals surface area contributed by atoms with Gasteiger partial charge >= 0.3 is 0 Å². The zero-order chi connectivity index (χ0) is 12.4. The molecule has 1 aromatic heterocycles. The van der Waals surface area contributed by atoms with Gasteiger partial charge in [-0.3, -0.25) is 0 Å². The van der Waals surface area contributed by atoms with E-state index < -0.39 is 0 Å². The fourth-order valence-electron chi connectivity index (χ4n) is 2.31. The van der Waals surface area contributed by atoms with Crippen LogP contribution < -0.4 is 10.6 Å². The van der Waals surface area contributed by atoms with Gasteiger partial charge in [0.15, 0.2) is 0 Å². The molecule has 0 bridgehead atoms. The summed E-state index contributed by atoms with van der Waals surface area (Å²) in [7, 11) is 2.13. The number of hydrogen-bond donors (Lipinski definition) is 1. The van der Waals surface area contributed by atoms with Gasteiger partial charge in [0.1, 0.15) is 0 Å². The van der Waals surface area contributed by atoms with Crippen molar-refractivity contribution in [3.05, 3.63) is 17.5 Å². The summed E-state index contributed by atoms with van der Waals surface area (Å²) in [4.78, 5) is 13.6. The van der Waals surface area contributed by atoms with Crippen molar-refractivity contribution < 1.29 is 0 Å². The normalized spacial score (nSPS) is 21.9. The molecule has 5 nitrogen and oxygen atoms in total. The Morgan fingerprint density at radius 1 is 1.29 bits per heavy atom. The number of nitrogens with zero attached hydrogens (tertiary/aromatic N) is 4. The van der Waals surface area contributed by atoms with Crippen molar-refractivity contribution in [1.29, 1.82) is 0 Å². The molecular weight excluding hydrogens is 214 g/mol. The van der Waals surface area contributed by atoms with Gasteiger partial charge in [-0.25, -0.2) is 9.97 Å². The van der Waals surface area contributed by atoms with Crippen LogP contribution in [0.25, 0.3) is 0 Å². The van der Waals surface area contributed by atoms with Crippen molar-refractivity contribution in [2.75, 3.05) is 38.1 Å². The number of hydrogen-bond acceptors (Lipinski definition) is 5. The molecule has 1 aliphatic rings. The number of likely N-dealkylation sites (N-methyl/N-ethyl adjacent to an activating group) is 1. The van der Waals surface area contributed by atoms with Crippen molar-refractivity contribution in [2.45, 2.75) is 19.9 Å².